The van der Waals surface area contributed by atoms with Crippen LogP contribution in [-0.4, -0.2) is 64.8 Å². The van der Waals surface area contributed by atoms with E-state index in [1.807, 2.05) is 43.3 Å². The van der Waals surface area contributed by atoms with E-state index in [-0.39, 0.29) is 11.8 Å². The minimum Gasteiger partial charge on any atom is -0.481 e. The van der Waals surface area contributed by atoms with E-state index in [0.717, 1.165) is 38.0 Å². The molecule has 0 spiro atoms. The molecule has 0 radical (unpaired) electrons. The fourth-order valence-electron chi connectivity index (χ4n) is 3.58. The Bertz CT molecular complexity index is 746. The Hall–Kier alpha value is -2.51. The van der Waals surface area contributed by atoms with E-state index >= 15 is 0 Å². The minimum absolute atomic E-state index is 0.0660. The molecule has 1 aromatic heterocycles. The first-order valence-electron chi connectivity index (χ1n) is 11.1. The normalized spacial score (nSPS) is 18.0. The Balaban J connectivity index is 0.000000391. The van der Waals surface area contributed by atoms with E-state index in [0.29, 0.717) is 25.2 Å². The molecule has 2 N–H and O–H groups in total. The van der Waals surface area contributed by atoms with Crippen molar-refractivity contribution in [3.05, 3.63) is 54.4 Å². The summed E-state index contributed by atoms with van der Waals surface area (Å²) >= 11 is 0. The van der Waals surface area contributed by atoms with Gasteiger partial charge in [-0.1, -0.05) is 36.4 Å². The van der Waals surface area contributed by atoms with Gasteiger partial charge in [0.2, 0.25) is 0 Å². The van der Waals surface area contributed by atoms with Gasteiger partial charge < -0.3 is 20.1 Å². The summed E-state index contributed by atoms with van der Waals surface area (Å²) in [5, 5.41) is 12.5. The van der Waals surface area contributed by atoms with Crippen molar-refractivity contribution < 1.29 is 14.6 Å². The summed E-state index contributed by atoms with van der Waals surface area (Å²) in [7, 11) is 0. The summed E-state index contributed by atoms with van der Waals surface area (Å²) in [4.78, 5) is 21.5. The Morgan fingerprint density at radius 1 is 1.13 bits per heavy atom. The lowest BCUT2D eigenvalue weighted by Gasteiger charge is -2.41. The van der Waals surface area contributed by atoms with Crippen LogP contribution >= 0.6 is 0 Å². The maximum Gasteiger partial charge on any atom is 0.316 e. The molecule has 1 saturated carbocycles. The zero-order valence-corrected chi connectivity index (χ0v) is 18.4. The third-order valence-electron chi connectivity index (χ3n) is 5.83. The molecule has 168 valence electrons. The number of carbonyl (C=O) groups is 1. The summed E-state index contributed by atoms with van der Waals surface area (Å²) in [6, 6.07) is 13.1. The topological polar surface area (TPSA) is 87.6 Å². The number of piperidine rings is 1. The van der Waals surface area contributed by atoms with Gasteiger partial charge in [-0.2, -0.15) is 0 Å². The number of carboxylic acids is 1. The third kappa shape index (κ3) is 8.63. The van der Waals surface area contributed by atoms with Crippen LogP contribution in [0.5, 0.6) is 6.01 Å². The Kier molecular flexibility index (Phi) is 8.79. The number of hydrogen-bond donors (Lipinski definition) is 2. The highest BCUT2D eigenvalue weighted by Crippen LogP contribution is 2.33. The average Bonchev–Trinajstić information content (AvgIpc) is 3.63. The van der Waals surface area contributed by atoms with Crippen LogP contribution in [-0.2, 0) is 4.79 Å². The van der Waals surface area contributed by atoms with Crippen LogP contribution in [0.25, 0.3) is 0 Å². The molecule has 31 heavy (non-hydrogen) atoms. The molecule has 0 amide bonds. The van der Waals surface area contributed by atoms with Crippen LogP contribution < -0.4 is 10.1 Å². The number of aromatic nitrogens is 2. The fraction of sp³-hybridized carbons (Fsp3) is 0.542. The molecule has 0 atom stereocenters. The predicted molar refractivity (Wildman–Crippen MR) is 120 cm³/mol. The maximum atomic E-state index is 10.8. The van der Waals surface area contributed by atoms with Crippen LogP contribution in [0.4, 0.5) is 0 Å². The lowest BCUT2D eigenvalue weighted by atomic mass is 9.79. The second-order valence-electron chi connectivity index (χ2n) is 8.63. The van der Waals surface area contributed by atoms with Gasteiger partial charge in [0.05, 0.1) is 13.0 Å². The van der Waals surface area contributed by atoms with Gasteiger partial charge >= 0.3 is 12.0 Å². The first-order valence-corrected chi connectivity index (χ1v) is 11.1. The second-order valence-corrected chi connectivity index (χ2v) is 8.63. The highest BCUT2D eigenvalue weighted by Gasteiger charge is 2.37. The molecule has 2 aromatic rings. The quantitative estimate of drug-likeness (QED) is 0.637. The zero-order chi connectivity index (χ0) is 21.9. The molecule has 1 aliphatic carbocycles. The Morgan fingerprint density at radius 3 is 2.23 bits per heavy atom. The Morgan fingerprint density at radius 2 is 1.71 bits per heavy atom. The number of likely N-dealkylation sites (tertiary alicyclic amines) is 1. The van der Waals surface area contributed by atoms with Crippen molar-refractivity contribution in [2.24, 2.45) is 5.41 Å². The van der Waals surface area contributed by atoms with Gasteiger partial charge in [0.15, 0.2) is 0 Å². The van der Waals surface area contributed by atoms with Crippen LogP contribution in [0.15, 0.2) is 48.8 Å². The molecule has 1 saturated heterocycles. The molecule has 1 aromatic carbocycles. The van der Waals surface area contributed by atoms with E-state index in [9.17, 15) is 4.79 Å². The summed E-state index contributed by atoms with van der Waals surface area (Å²) in [5.74, 6) is -0.730. The van der Waals surface area contributed by atoms with Crippen molar-refractivity contribution in [2.75, 3.05) is 32.8 Å². The van der Waals surface area contributed by atoms with Crippen molar-refractivity contribution in [2.45, 2.75) is 45.1 Å². The summed E-state index contributed by atoms with van der Waals surface area (Å²) in [6.45, 7) is 5.95. The molecule has 7 heteroatoms. The first-order chi connectivity index (χ1) is 15.0. The number of carboxylic acid groups (broad SMARTS) is 1. The van der Waals surface area contributed by atoms with Crippen molar-refractivity contribution >= 4 is 5.97 Å². The maximum absolute atomic E-state index is 10.8. The van der Waals surface area contributed by atoms with Gasteiger partial charge in [0.25, 0.3) is 0 Å². The molecule has 0 bridgehead atoms. The molecule has 7 nitrogen and oxygen atoms in total. The molecular formula is C24H34N4O3. The number of hydrogen-bond acceptors (Lipinski definition) is 6. The van der Waals surface area contributed by atoms with E-state index in [1.165, 1.54) is 12.8 Å². The van der Waals surface area contributed by atoms with Crippen LogP contribution in [0.1, 0.15) is 37.7 Å². The number of aliphatic carboxylic acids is 1. The van der Waals surface area contributed by atoms with Gasteiger partial charge in [-0.15, -0.1) is 0 Å². The van der Waals surface area contributed by atoms with Gasteiger partial charge in [-0.3, -0.25) is 4.79 Å². The van der Waals surface area contributed by atoms with Crippen molar-refractivity contribution in [1.29, 1.82) is 0 Å². The molecule has 2 aliphatic rings. The van der Waals surface area contributed by atoms with Crippen molar-refractivity contribution in [1.82, 2.24) is 20.2 Å². The monoisotopic (exact) mass is 426 g/mol. The van der Waals surface area contributed by atoms with Gasteiger partial charge in [0, 0.05) is 36.9 Å². The lowest BCUT2D eigenvalue weighted by molar-refractivity contribution is -0.137. The van der Waals surface area contributed by atoms with E-state index in [2.05, 4.69) is 20.2 Å². The number of nitrogens with zero attached hydrogens (tertiary/aromatic N) is 3. The highest BCUT2D eigenvalue weighted by molar-refractivity contribution is 5.66. The predicted octanol–water partition coefficient (Wildman–Crippen LogP) is 3.16. The van der Waals surface area contributed by atoms with Gasteiger partial charge in [0.1, 0.15) is 0 Å². The lowest BCUT2D eigenvalue weighted by Crippen LogP contribution is -2.49. The summed E-state index contributed by atoms with van der Waals surface area (Å²) in [5.41, 5.74) is 1.08. The minimum atomic E-state index is -0.730. The SMILES string of the molecule is Cc1cnc(OCC2(CNC3CC3)CCN(CCC(=O)O)CC2)nc1.c1ccccc1. The molecule has 1 aliphatic heterocycles. The van der Waals surface area contributed by atoms with Crippen LogP contribution in [0.2, 0.25) is 0 Å². The first kappa shape index (κ1) is 23.2. The zero-order valence-electron chi connectivity index (χ0n) is 18.4. The molecule has 4 rings (SSSR count). The fourth-order valence-corrected chi connectivity index (χ4v) is 3.58. The van der Waals surface area contributed by atoms with E-state index in [4.69, 9.17) is 9.84 Å². The second kappa shape index (κ2) is 11.8. The summed E-state index contributed by atoms with van der Waals surface area (Å²) < 4.78 is 5.92. The van der Waals surface area contributed by atoms with E-state index in [1.54, 1.807) is 12.4 Å². The van der Waals surface area contributed by atoms with Crippen LogP contribution in [0.3, 0.4) is 0 Å². The number of ether oxygens (including phenoxy) is 1. The van der Waals surface area contributed by atoms with Crippen molar-refractivity contribution in [3.63, 3.8) is 0 Å². The van der Waals surface area contributed by atoms with Crippen molar-refractivity contribution in [3.8, 4) is 6.01 Å². The molecule has 0 unspecified atom stereocenters. The van der Waals surface area contributed by atoms with Gasteiger partial charge in [-0.05, 0) is 51.3 Å². The number of nitrogens with one attached hydrogen (secondary N) is 1. The molecule has 2 heterocycles. The molecular weight excluding hydrogens is 392 g/mol. The largest absolute Gasteiger partial charge is 0.481 e. The Labute approximate surface area is 184 Å². The van der Waals surface area contributed by atoms with Crippen LogP contribution in [0, 0.1) is 12.3 Å². The average molecular weight is 427 g/mol. The summed E-state index contributed by atoms with van der Waals surface area (Å²) in [6.07, 6.45) is 8.28. The van der Waals surface area contributed by atoms with Gasteiger partial charge in [-0.25, -0.2) is 9.97 Å². The van der Waals surface area contributed by atoms with E-state index < -0.39 is 5.97 Å². The molecule has 2 fully saturated rings. The standard InChI is InChI=1S/C18H28N4O3.C6H6/c1-14-10-19-17(20-11-14)25-13-18(12-21-15-2-3-15)5-8-22(9-6-18)7-4-16(23)24;1-2-4-6-5-3-1/h10-11,15,21H,2-9,12-13H2,1H3,(H,23,24);1-6H. The highest BCUT2D eigenvalue weighted by atomic mass is 16.5. The smallest absolute Gasteiger partial charge is 0.316 e. The number of aryl methyl sites for hydroxylation is 1. The number of rotatable bonds is 9. The third-order valence-corrected chi connectivity index (χ3v) is 5.83. The number of benzene rings is 1.